The second kappa shape index (κ2) is 6.49. The molecule has 1 aliphatic carbocycles. The molecular weight excluding hydrogens is 291 g/mol. The van der Waals surface area contributed by atoms with Crippen LogP contribution in [0.2, 0.25) is 0 Å². The van der Waals surface area contributed by atoms with E-state index in [-0.39, 0.29) is 17.8 Å². The molecule has 0 spiro atoms. The van der Waals surface area contributed by atoms with Gasteiger partial charge in [0.2, 0.25) is 5.91 Å². The molecule has 0 bridgehead atoms. The third-order valence-electron chi connectivity index (χ3n) is 4.51. The quantitative estimate of drug-likeness (QED) is 0.927. The third-order valence-corrected chi connectivity index (χ3v) is 4.51. The van der Waals surface area contributed by atoms with Crippen LogP contribution in [0.5, 0.6) is 0 Å². The lowest BCUT2D eigenvalue weighted by atomic mass is 9.84. The van der Waals surface area contributed by atoms with E-state index in [2.05, 4.69) is 10.3 Å². The smallest absolute Gasteiger partial charge is 0.220 e. The normalized spacial score (nSPS) is 16.7. The highest BCUT2D eigenvalue weighted by atomic mass is 19.1. The van der Waals surface area contributed by atoms with Crippen LogP contribution in [0.15, 0.2) is 30.6 Å². The fraction of sp³-hybridized carbons (Fsp3) is 0.368. The van der Waals surface area contributed by atoms with Crippen molar-refractivity contribution in [2.24, 2.45) is 0 Å². The minimum absolute atomic E-state index is 0.0280. The molecule has 1 unspecified atom stereocenters. The predicted octanol–water partition coefficient (Wildman–Crippen LogP) is 4.10. The van der Waals surface area contributed by atoms with Crippen LogP contribution in [0.4, 0.5) is 4.39 Å². The van der Waals surface area contributed by atoms with E-state index in [9.17, 15) is 9.18 Å². The van der Waals surface area contributed by atoms with Gasteiger partial charge in [-0.05, 0) is 60.6 Å². The summed E-state index contributed by atoms with van der Waals surface area (Å²) in [7, 11) is 0. The van der Waals surface area contributed by atoms with Crippen molar-refractivity contribution in [3.05, 3.63) is 53.1 Å². The molecule has 120 valence electrons. The van der Waals surface area contributed by atoms with Gasteiger partial charge in [-0.25, -0.2) is 4.39 Å². The number of carbonyl (C=O) groups excluding carboxylic acids is 1. The average Bonchev–Trinajstić information content (AvgIpc) is 2.57. The van der Waals surface area contributed by atoms with Gasteiger partial charge < -0.3 is 5.32 Å². The van der Waals surface area contributed by atoms with Crippen LogP contribution in [0, 0.1) is 12.7 Å². The molecule has 2 aromatic rings. The van der Waals surface area contributed by atoms with Gasteiger partial charge in [-0.2, -0.15) is 0 Å². The Hall–Kier alpha value is -2.23. The first-order valence-electron chi connectivity index (χ1n) is 8.12. The summed E-state index contributed by atoms with van der Waals surface area (Å²) in [6.45, 7) is 3.63. The Morgan fingerprint density at radius 3 is 2.96 bits per heavy atom. The van der Waals surface area contributed by atoms with E-state index in [0.29, 0.717) is 12.0 Å². The highest BCUT2D eigenvalue weighted by Gasteiger charge is 2.24. The Balaban J connectivity index is 2.02. The summed E-state index contributed by atoms with van der Waals surface area (Å²) in [5.41, 5.74) is 4.97. The minimum Gasteiger partial charge on any atom is -0.349 e. The Bertz CT molecular complexity index is 742. The number of fused-ring (bicyclic) bond motifs is 1. The van der Waals surface area contributed by atoms with Gasteiger partial charge in [0.25, 0.3) is 0 Å². The highest BCUT2D eigenvalue weighted by Crippen LogP contribution is 2.36. The number of pyridine rings is 1. The molecule has 4 heteroatoms. The minimum atomic E-state index is -0.195. The summed E-state index contributed by atoms with van der Waals surface area (Å²) in [6, 6.07) is 5.19. The summed E-state index contributed by atoms with van der Waals surface area (Å²) in [6.07, 6.45) is 7.11. The zero-order chi connectivity index (χ0) is 16.4. The van der Waals surface area contributed by atoms with Gasteiger partial charge in [-0.3, -0.25) is 9.78 Å². The van der Waals surface area contributed by atoms with Gasteiger partial charge in [0, 0.05) is 24.4 Å². The van der Waals surface area contributed by atoms with Crippen LogP contribution in [0.3, 0.4) is 0 Å². The first-order valence-corrected chi connectivity index (χ1v) is 8.12. The second-order valence-corrected chi connectivity index (χ2v) is 6.08. The number of carbonyl (C=O) groups is 1. The topological polar surface area (TPSA) is 42.0 Å². The van der Waals surface area contributed by atoms with Crippen molar-refractivity contribution in [1.29, 1.82) is 0 Å². The van der Waals surface area contributed by atoms with E-state index < -0.39 is 0 Å². The highest BCUT2D eigenvalue weighted by molar-refractivity contribution is 5.76. The molecule has 0 aliphatic heterocycles. The number of benzene rings is 1. The van der Waals surface area contributed by atoms with Crippen LogP contribution >= 0.6 is 0 Å². The number of amides is 1. The molecule has 1 atom stereocenters. The molecule has 0 radical (unpaired) electrons. The number of nitrogens with one attached hydrogen (secondary N) is 1. The lowest BCUT2D eigenvalue weighted by molar-refractivity contribution is -0.121. The van der Waals surface area contributed by atoms with Crippen molar-refractivity contribution in [3.8, 4) is 11.1 Å². The number of aryl methyl sites for hydroxylation is 1. The van der Waals surface area contributed by atoms with Crippen LogP contribution in [-0.2, 0) is 11.2 Å². The van der Waals surface area contributed by atoms with E-state index in [1.54, 1.807) is 13.0 Å². The van der Waals surface area contributed by atoms with E-state index in [1.165, 1.54) is 11.6 Å². The molecule has 1 aromatic carbocycles. The van der Waals surface area contributed by atoms with Crippen LogP contribution in [0.1, 0.15) is 48.9 Å². The van der Waals surface area contributed by atoms with Gasteiger partial charge in [0.15, 0.2) is 0 Å². The van der Waals surface area contributed by atoms with E-state index in [4.69, 9.17) is 0 Å². The van der Waals surface area contributed by atoms with Crippen molar-refractivity contribution in [2.75, 3.05) is 0 Å². The standard InChI is InChI=1S/C19H21FN2O/c1-3-19(23)22-18-6-4-5-14-15(10-21-11-16(14)18)13-7-8-17(20)12(2)9-13/h7-11,18H,3-6H2,1-2H3,(H,22,23). The van der Waals surface area contributed by atoms with E-state index in [1.807, 2.05) is 25.4 Å². The maximum Gasteiger partial charge on any atom is 0.220 e. The van der Waals surface area contributed by atoms with Crippen molar-refractivity contribution in [1.82, 2.24) is 10.3 Å². The Labute approximate surface area is 135 Å². The first-order chi connectivity index (χ1) is 11.1. The van der Waals surface area contributed by atoms with E-state index in [0.717, 1.165) is 36.0 Å². The molecule has 1 amide bonds. The maximum absolute atomic E-state index is 13.5. The number of nitrogens with zero attached hydrogens (tertiary/aromatic N) is 1. The van der Waals surface area contributed by atoms with Gasteiger partial charge in [0.1, 0.15) is 5.82 Å². The van der Waals surface area contributed by atoms with Crippen LogP contribution in [0.25, 0.3) is 11.1 Å². The molecule has 3 nitrogen and oxygen atoms in total. The average molecular weight is 312 g/mol. The lowest BCUT2D eigenvalue weighted by Crippen LogP contribution is -2.30. The monoisotopic (exact) mass is 312 g/mol. The molecular formula is C19H21FN2O. The largest absolute Gasteiger partial charge is 0.349 e. The maximum atomic E-state index is 13.5. The second-order valence-electron chi connectivity index (χ2n) is 6.08. The summed E-state index contributed by atoms with van der Waals surface area (Å²) in [5.74, 6) is -0.134. The molecule has 3 rings (SSSR count). The van der Waals surface area contributed by atoms with Crippen molar-refractivity contribution < 1.29 is 9.18 Å². The van der Waals surface area contributed by atoms with Crippen LogP contribution < -0.4 is 5.32 Å². The van der Waals surface area contributed by atoms with Gasteiger partial charge in [-0.15, -0.1) is 0 Å². The molecule has 1 heterocycles. The molecule has 0 fully saturated rings. The predicted molar refractivity (Wildman–Crippen MR) is 88.5 cm³/mol. The van der Waals surface area contributed by atoms with E-state index >= 15 is 0 Å². The van der Waals surface area contributed by atoms with Gasteiger partial charge in [-0.1, -0.05) is 13.0 Å². The van der Waals surface area contributed by atoms with Crippen molar-refractivity contribution in [3.63, 3.8) is 0 Å². The summed E-state index contributed by atoms with van der Waals surface area (Å²) in [4.78, 5) is 16.1. The number of hydrogen-bond donors (Lipinski definition) is 1. The molecule has 0 saturated carbocycles. The first kappa shape index (κ1) is 15.7. The lowest BCUT2D eigenvalue weighted by Gasteiger charge is -2.27. The zero-order valence-corrected chi connectivity index (χ0v) is 13.5. The Kier molecular flexibility index (Phi) is 4.42. The van der Waals surface area contributed by atoms with Crippen molar-refractivity contribution in [2.45, 2.75) is 45.6 Å². The molecule has 1 N–H and O–H groups in total. The molecule has 1 aliphatic rings. The summed E-state index contributed by atoms with van der Waals surface area (Å²) < 4.78 is 13.5. The number of hydrogen-bond acceptors (Lipinski definition) is 2. The Morgan fingerprint density at radius 2 is 2.22 bits per heavy atom. The van der Waals surface area contributed by atoms with Crippen molar-refractivity contribution >= 4 is 5.91 Å². The zero-order valence-electron chi connectivity index (χ0n) is 13.5. The number of rotatable bonds is 3. The molecule has 23 heavy (non-hydrogen) atoms. The molecule has 1 aromatic heterocycles. The van der Waals surface area contributed by atoms with Crippen LogP contribution in [-0.4, -0.2) is 10.9 Å². The fourth-order valence-electron chi connectivity index (χ4n) is 3.23. The SMILES string of the molecule is CCC(=O)NC1CCCc2c(-c3ccc(F)c(C)c3)cncc21. The number of halogens is 1. The fourth-order valence-corrected chi connectivity index (χ4v) is 3.23. The number of aromatic nitrogens is 1. The summed E-state index contributed by atoms with van der Waals surface area (Å²) in [5, 5.41) is 3.08. The third kappa shape index (κ3) is 3.11. The summed E-state index contributed by atoms with van der Waals surface area (Å²) >= 11 is 0. The Morgan fingerprint density at radius 1 is 1.39 bits per heavy atom. The van der Waals surface area contributed by atoms with Gasteiger partial charge in [0.05, 0.1) is 6.04 Å². The molecule has 0 saturated heterocycles. The van der Waals surface area contributed by atoms with Gasteiger partial charge >= 0.3 is 0 Å².